The van der Waals surface area contributed by atoms with Gasteiger partial charge in [0.1, 0.15) is 16.4 Å². The molecule has 0 heterocycles. The fourth-order valence-corrected chi connectivity index (χ4v) is 3.47. The predicted molar refractivity (Wildman–Crippen MR) is 127 cm³/mol. The number of carbonyl (C=O) groups excluding carboxylic acids is 1. The summed E-state index contributed by atoms with van der Waals surface area (Å²) in [6, 6.07) is 10.2. The molecule has 0 unspecified atom stereocenters. The number of aryl methyl sites for hydroxylation is 1. The number of hydrogen-bond donors (Lipinski definition) is 3. The van der Waals surface area contributed by atoms with E-state index in [-0.39, 0.29) is 41.0 Å². The molecule has 2 aromatic rings. The van der Waals surface area contributed by atoms with Gasteiger partial charge in [-0.2, -0.15) is 0 Å². The summed E-state index contributed by atoms with van der Waals surface area (Å²) < 4.78 is 30.4. The van der Waals surface area contributed by atoms with Gasteiger partial charge in [-0.15, -0.1) is 24.8 Å². The summed E-state index contributed by atoms with van der Waals surface area (Å²) >= 11 is 0. The van der Waals surface area contributed by atoms with E-state index in [1.807, 2.05) is 26.2 Å². The first-order valence-corrected chi connectivity index (χ1v) is 10.8. The monoisotopic (exact) mass is 490 g/mol. The lowest BCUT2D eigenvalue weighted by atomic mass is 10.1. The van der Waals surface area contributed by atoms with Crippen LogP contribution in [0.15, 0.2) is 41.3 Å². The van der Waals surface area contributed by atoms with Crippen LogP contribution in [0.25, 0.3) is 0 Å². The molecule has 0 aliphatic heterocycles. The summed E-state index contributed by atoms with van der Waals surface area (Å²) in [5.41, 5.74) is 6.93. The lowest BCUT2D eigenvalue weighted by Gasteiger charge is -2.15. The minimum Gasteiger partial charge on any atom is -0.456 e. The molecule has 2 rings (SSSR count). The molecule has 0 aliphatic rings. The molecular weight excluding hydrogens is 463 g/mol. The number of benzene rings is 2. The van der Waals surface area contributed by atoms with E-state index in [0.29, 0.717) is 11.3 Å². The second-order valence-corrected chi connectivity index (χ2v) is 9.04. The minimum atomic E-state index is -3.68. The highest BCUT2D eigenvalue weighted by atomic mass is 35.5. The maximum Gasteiger partial charge on any atom is 0.258 e. The Bertz CT molecular complexity index is 1030. The van der Waals surface area contributed by atoms with Crippen molar-refractivity contribution >= 4 is 46.5 Å². The fourth-order valence-electron chi connectivity index (χ4n) is 2.67. The number of sulfone groups is 1. The average Bonchev–Trinajstić information content (AvgIpc) is 2.59. The number of carbonyl (C=O) groups is 1. The van der Waals surface area contributed by atoms with E-state index in [9.17, 15) is 13.2 Å². The molecule has 2 aromatic carbocycles. The fraction of sp³-hybridized carbons (Fsp3) is 0.300. The Balaban J connectivity index is 0.00000450. The second-order valence-electron chi connectivity index (χ2n) is 7.05. The first-order chi connectivity index (χ1) is 13.5. The molecule has 0 spiro atoms. The van der Waals surface area contributed by atoms with E-state index in [2.05, 4.69) is 10.2 Å². The van der Waals surface area contributed by atoms with Crippen LogP contribution >= 0.6 is 24.8 Å². The molecule has 0 aromatic heterocycles. The van der Waals surface area contributed by atoms with Crippen LogP contribution in [0.4, 0.5) is 0 Å². The molecule has 0 radical (unpaired) electrons. The van der Waals surface area contributed by atoms with E-state index >= 15 is 0 Å². The Morgan fingerprint density at radius 1 is 1.16 bits per heavy atom. The summed E-state index contributed by atoms with van der Waals surface area (Å²) in [5.74, 6) is -0.559. The second kappa shape index (κ2) is 11.9. The lowest BCUT2D eigenvalue weighted by molar-refractivity contribution is 0.0975. The average molecular weight is 491 g/mol. The van der Waals surface area contributed by atoms with Gasteiger partial charge >= 0.3 is 0 Å². The number of guanidine groups is 1. The first kappa shape index (κ1) is 28.7. The summed E-state index contributed by atoms with van der Waals surface area (Å²) in [6.45, 7) is 2.57. The summed E-state index contributed by atoms with van der Waals surface area (Å²) in [5, 5.41) is 9.34. The van der Waals surface area contributed by atoms with E-state index < -0.39 is 21.7 Å². The Hall–Kier alpha value is -2.33. The molecule has 0 aliphatic carbocycles. The van der Waals surface area contributed by atoms with E-state index in [1.54, 1.807) is 19.1 Å². The Kier molecular flexibility index (Phi) is 11.0. The highest BCUT2D eigenvalue weighted by molar-refractivity contribution is 7.90. The van der Waals surface area contributed by atoms with Crippen LogP contribution in [0.1, 0.15) is 21.5 Å². The van der Waals surface area contributed by atoms with Crippen LogP contribution in [-0.4, -0.2) is 52.1 Å². The summed E-state index contributed by atoms with van der Waals surface area (Å²) in [6.07, 6.45) is 1.93. The van der Waals surface area contributed by atoms with Crippen molar-refractivity contribution in [2.75, 3.05) is 26.9 Å². The van der Waals surface area contributed by atoms with Crippen molar-refractivity contribution in [3.8, 4) is 11.5 Å². The Morgan fingerprint density at radius 3 is 2.23 bits per heavy atom. The number of ether oxygens (including phenoxy) is 1. The lowest BCUT2D eigenvalue weighted by Crippen LogP contribution is -2.36. The van der Waals surface area contributed by atoms with Crippen molar-refractivity contribution in [2.24, 2.45) is 5.73 Å². The standard InChI is InChI=1S/C20H26N4O4S.2ClH/c1-13-11-17(28-15-7-5-14(6-8-15)9-10-24(2)3)18(29(4,26)27)12-16(13)19(25)23-20(21)22;;/h5-8,11-12H,9-10H2,1-4H3,(H4,21,22,23,25);2*1H. The van der Waals surface area contributed by atoms with E-state index in [4.69, 9.17) is 15.9 Å². The van der Waals surface area contributed by atoms with Crippen molar-refractivity contribution in [3.05, 3.63) is 53.1 Å². The molecule has 0 atom stereocenters. The summed E-state index contributed by atoms with van der Waals surface area (Å²) in [7, 11) is 0.337. The number of nitrogens with zero attached hydrogens (tertiary/aromatic N) is 1. The van der Waals surface area contributed by atoms with Gasteiger partial charge in [0.05, 0.1) is 0 Å². The van der Waals surface area contributed by atoms with Crippen molar-refractivity contribution < 1.29 is 17.9 Å². The highest BCUT2D eigenvalue weighted by Crippen LogP contribution is 2.32. The van der Waals surface area contributed by atoms with Gasteiger partial charge in [0, 0.05) is 18.4 Å². The van der Waals surface area contributed by atoms with Crippen molar-refractivity contribution in [2.45, 2.75) is 18.2 Å². The van der Waals surface area contributed by atoms with Crippen LogP contribution in [0, 0.1) is 12.3 Å². The third-order valence-electron chi connectivity index (χ3n) is 4.18. The molecule has 0 fully saturated rings. The third kappa shape index (κ3) is 8.37. The van der Waals surface area contributed by atoms with Gasteiger partial charge in [0.25, 0.3) is 5.91 Å². The topological polar surface area (TPSA) is 126 Å². The number of rotatable bonds is 7. The zero-order chi connectivity index (χ0) is 21.8. The molecule has 0 saturated carbocycles. The third-order valence-corrected chi connectivity index (χ3v) is 5.30. The number of nitrogens with two attached hydrogens (primary N) is 1. The van der Waals surface area contributed by atoms with Crippen LogP contribution in [0.3, 0.4) is 0 Å². The van der Waals surface area contributed by atoms with E-state index in [0.717, 1.165) is 24.8 Å². The van der Waals surface area contributed by atoms with E-state index in [1.165, 1.54) is 12.1 Å². The van der Waals surface area contributed by atoms with Crippen molar-refractivity contribution in [3.63, 3.8) is 0 Å². The number of halogens is 2. The molecule has 11 heteroatoms. The number of nitrogens with one attached hydrogen (secondary N) is 2. The predicted octanol–water partition coefficient (Wildman–Crippen LogP) is 2.76. The van der Waals surface area contributed by atoms with Gasteiger partial charge in [-0.05, 0) is 62.8 Å². The van der Waals surface area contributed by atoms with Gasteiger partial charge in [-0.3, -0.25) is 15.5 Å². The molecule has 0 saturated heterocycles. The molecule has 8 nitrogen and oxygen atoms in total. The quantitative estimate of drug-likeness (QED) is 0.404. The molecular formula is C20H28Cl2N4O4S. The Morgan fingerprint density at radius 2 is 1.74 bits per heavy atom. The molecule has 172 valence electrons. The largest absolute Gasteiger partial charge is 0.456 e. The van der Waals surface area contributed by atoms with Crippen molar-refractivity contribution in [1.29, 1.82) is 5.41 Å². The van der Waals surface area contributed by atoms with Gasteiger partial charge in [0.2, 0.25) is 0 Å². The zero-order valence-corrected chi connectivity index (χ0v) is 20.2. The zero-order valence-electron chi connectivity index (χ0n) is 17.8. The highest BCUT2D eigenvalue weighted by Gasteiger charge is 2.21. The van der Waals surface area contributed by atoms with Gasteiger partial charge in [-0.25, -0.2) is 8.42 Å². The molecule has 31 heavy (non-hydrogen) atoms. The maximum atomic E-state index is 12.3. The molecule has 0 bridgehead atoms. The number of amides is 1. The minimum absolute atomic E-state index is 0. The van der Waals surface area contributed by atoms with Gasteiger partial charge < -0.3 is 15.4 Å². The van der Waals surface area contributed by atoms with Crippen LogP contribution in [-0.2, 0) is 16.3 Å². The summed E-state index contributed by atoms with van der Waals surface area (Å²) in [4.78, 5) is 14.2. The van der Waals surface area contributed by atoms with Crippen LogP contribution in [0.5, 0.6) is 11.5 Å². The SMILES string of the molecule is Cc1cc(Oc2ccc(CCN(C)C)cc2)c(S(C)(=O)=O)cc1C(=O)NC(=N)N.Cl.Cl. The van der Waals surface area contributed by atoms with Gasteiger partial charge in [-0.1, -0.05) is 12.1 Å². The smallest absolute Gasteiger partial charge is 0.258 e. The van der Waals surface area contributed by atoms with Crippen molar-refractivity contribution in [1.82, 2.24) is 10.2 Å². The molecule has 1 amide bonds. The van der Waals surface area contributed by atoms with Gasteiger partial charge in [0.15, 0.2) is 15.8 Å². The Labute approximate surface area is 195 Å². The normalized spacial score (nSPS) is 10.6. The van der Waals surface area contributed by atoms with Crippen LogP contribution < -0.4 is 15.8 Å². The van der Waals surface area contributed by atoms with Crippen LogP contribution in [0.2, 0.25) is 0 Å². The number of likely N-dealkylation sites (N-methyl/N-ethyl adjacent to an activating group) is 1. The molecule has 4 N–H and O–H groups in total. The maximum absolute atomic E-state index is 12.3. The first-order valence-electron chi connectivity index (χ1n) is 8.89. The number of hydrogen-bond acceptors (Lipinski definition) is 6.